The summed E-state index contributed by atoms with van der Waals surface area (Å²) >= 11 is 0. The highest BCUT2D eigenvalue weighted by molar-refractivity contribution is 6.00. The molecule has 0 radical (unpaired) electrons. The number of hydrogen-bond donors (Lipinski definition) is 0. The highest BCUT2D eigenvalue weighted by Crippen LogP contribution is 2.43. The number of nitrogens with zero attached hydrogens (tertiary/aromatic N) is 3. The molecule has 0 saturated carbocycles. The molecule has 0 saturated heterocycles. The fraction of sp³-hybridized carbons (Fsp3) is 0.308. The number of aromatic nitrogens is 1. The molecule has 1 unspecified atom stereocenters. The molecule has 0 fully saturated rings. The van der Waals surface area contributed by atoms with Gasteiger partial charge in [-0.2, -0.15) is 0 Å². The monoisotopic (exact) mass is 397 g/mol. The van der Waals surface area contributed by atoms with Crippen molar-refractivity contribution in [1.29, 1.82) is 0 Å². The second-order valence-corrected chi connectivity index (χ2v) is 8.07. The molecular weight excluding hydrogens is 370 g/mol. The molecule has 4 heteroatoms. The zero-order chi connectivity index (χ0) is 20.7. The maximum absolute atomic E-state index is 13.3. The fourth-order valence-corrected chi connectivity index (χ4v) is 4.93. The number of carbonyl (C=O) groups is 1. The van der Waals surface area contributed by atoms with Gasteiger partial charge in [-0.25, -0.2) is 0 Å². The molecule has 0 N–H and O–H groups in total. The second-order valence-electron chi connectivity index (χ2n) is 8.07. The van der Waals surface area contributed by atoms with E-state index in [0.717, 1.165) is 55.1 Å². The van der Waals surface area contributed by atoms with Crippen LogP contribution in [-0.4, -0.2) is 35.4 Å². The van der Waals surface area contributed by atoms with E-state index in [-0.39, 0.29) is 11.9 Å². The smallest absolute Gasteiger partial charge is 0.256 e. The highest BCUT2D eigenvalue weighted by Gasteiger charge is 2.42. The summed E-state index contributed by atoms with van der Waals surface area (Å²) in [7, 11) is 0. The Bertz CT molecular complexity index is 1090. The Morgan fingerprint density at radius 2 is 1.77 bits per heavy atom. The Labute approximate surface area is 178 Å². The molecule has 2 aliphatic rings. The lowest BCUT2D eigenvalue weighted by Crippen LogP contribution is -2.35. The van der Waals surface area contributed by atoms with Crippen molar-refractivity contribution in [2.45, 2.75) is 32.7 Å². The van der Waals surface area contributed by atoms with Crippen molar-refractivity contribution < 1.29 is 4.79 Å². The van der Waals surface area contributed by atoms with E-state index < -0.39 is 0 Å². The number of carbonyl (C=O) groups excluding carboxylic acids is 1. The van der Waals surface area contributed by atoms with E-state index in [1.54, 1.807) is 0 Å². The molecule has 0 bridgehead atoms. The minimum atomic E-state index is -0.0577. The molecule has 2 aliphatic heterocycles. The molecule has 0 spiro atoms. The lowest BCUT2D eigenvalue weighted by Gasteiger charge is -2.32. The van der Waals surface area contributed by atoms with E-state index in [0.29, 0.717) is 0 Å². The number of anilines is 1. The van der Waals surface area contributed by atoms with Crippen LogP contribution in [0.1, 0.15) is 58.3 Å². The van der Waals surface area contributed by atoms with E-state index in [2.05, 4.69) is 73.3 Å². The molecule has 3 heterocycles. The fourth-order valence-electron chi connectivity index (χ4n) is 4.93. The first-order valence-corrected chi connectivity index (χ1v) is 10.9. The minimum absolute atomic E-state index is 0.0577. The average Bonchev–Trinajstić information content (AvgIpc) is 3.07. The summed E-state index contributed by atoms with van der Waals surface area (Å²) in [5.41, 5.74) is 7.64. The maximum atomic E-state index is 13.3. The maximum Gasteiger partial charge on any atom is 0.256 e. The van der Waals surface area contributed by atoms with Crippen LogP contribution in [0.5, 0.6) is 0 Å². The van der Waals surface area contributed by atoms with Crippen LogP contribution in [0.15, 0.2) is 60.7 Å². The van der Waals surface area contributed by atoms with Crippen LogP contribution >= 0.6 is 0 Å². The zero-order valence-corrected chi connectivity index (χ0v) is 17.6. The van der Waals surface area contributed by atoms with E-state index >= 15 is 0 Å². The van der Waals surface area contributed by atoms with Crippen LogP contribution in [0, 0.1) is 0 Å². The predicted octanol–water partition coefficient (Wildman–Crippen LogP) is 4.62. The van der Waals surface area contributed by atoms with E-state index in [1.165, 1.54) is 16.7 Å². The lowest BCUT2D eigenvalue weighted by molar-refractivity contribution is 0.0739. The van der Waals surface area contributed by atoms with Crippen molar-refractivity contribution in [3.63, 3.8) is 0 Å². The van der Waals surface area contributed by atoms with Gasteiger partial charge in [-0.1, -0.05) is 54.6 Å². The Hall–Kier alpha value is -3.14. The van der Waals surface area contributed by atoms with Gasteiger partial charge in [0.2, 0.25) is 0 Å². The first-order chi connectivity index (χ1) is 14.7. The zero-order valence-electron chi connectivity index (χ0n) is 17.6. The molecule has 2 aromatic carbocycles. The van der Waals surface area contributed by atoms with E-state index in [1.807, 2.05) is 11.0 Å². The highest BCUT2D eigenvalue weighted by atomic mass is 16.2. The molecule has 1 aromatic heterocycles. The van der Waals surface area contributed by atoms with Crippen LogP contribution in [0.2, 0.25) is 0 Å². The van der Waals surface area contributed by atoms with Gasteiger partial charge in [0, 0.05) is 26.1 Å². The van der Waals surface area contributed by atoms with Gasteiger partial charge < -0.3 is 9.80 Å². The summed E-state index contributed by atoms with van der Waals surface area (Å²) in [6.07, 6.45) is 1.68. The number of amides is 1. The van der Waals surface area contributed by atoms with Crippen molar-refractivity contribution in [2.24, 2.45) is 0 Å². The third kappa shape index (κ3) is 2.98. The second kappa shape index (κ2) is 7.60. The first kappa shape index (κ1) is 18.9. The largest absolute Gasteiger partial charge is 0.371 e. The van der Waals surface area contributed by atoms with Crippen LogP contribution in [0.3, 0.4) is 0 Å². The van der Waals surface area contributed by atoms with Crippen molar-refractivity contribution in [3.05, 3.63) is 94.3 Å². The lowest BCUT2D eigenvalue weighted by atomic mass is 9.92. The molecule has 30 heavy (non-hydrogen) atoms. The van der Waals surface area contributed by atoms with Gasteiger partial charge in [0.05, 0.1) is 22.6 Å². The van der Waals surface area contributed by atoms with Gasteiger partial charge in [-0.15, -0.1) is 0 Å². The van der Waals surface area contributed by atoms with Crippen molar-refractivity contribution in [3.8, 4) is 0 Å². The number of rotatable bonds is 5. The van der Waals surface area contributed by atoms with Crippen LogP contribution < -0.4 is 4.90 Å². The molecule has 1 atom stereocenters. The summed E-state index contributed by atoms with van der Waals surface area (Å²) in [5, 5.41) is 0. The Balaban J connectivity index is 1.67. The summed E-state index contributed by atoms with van der Waals surface area (Å²) in [6, 6.07) is 21.0. The third-order valence-corrected chi connectivity index (χ3v) is 6.46. The van der Waals surface area contributed by atoms with Crippen molar-refractivity contribution >= 4 is 11.6 Å². The van der Waals surface area contributed by atoms with Crippen LogP contribution in [0.25, 0.3) is 0 Å². The Morgan fingerprint density at radius 1 is 1.03 bits per heavy atom. The molecule has 152 valence electrons. The molecule has 1 amide bonds. The van der Waals surface area contributed by atoms with Crippen LogP contribution in [-0.2, 0) is 12.8 Å². The quantitative estimate of drug-likeness (QED) is 0.630. The first-order valence-electron chi connectivity index (χ1n) is 10.9. The Kier molecular flexibility index (Phi) is 4.78. The summed E-state index contributed by atoms with van der Waals surface area (Å²) in [5.74, 6) is 0.122. The standard InChI is InChI=1S/C26H27N3O/c1-3-28(4-2)23-17-21-24(27-22(23)16-18-10-6-5-7-11-18)25-20-13-9-8-12-19(20)14-15-29(25)26(21)30/h5-13,17,25H,3-4,14-16H2,1-2H3. The van der Waals surface area contributed by atoms with Gasteiger partial charge in [0.15, 0.2) is 0 Å². The number of pyridine rings is 1. The average molecular weight is 398 g/mol. The minimum Gasteiger partial charge on any atom is -0.371 e. The number of fused-ring (bicyclic) bond motifs is 5. The molecule has 4 nitrogen and oxygen atoms in total. The van der Waals surface area contributed by atoms with Crippen molar-refractivity contribution in [2.75, 3.05) is 24.5 Å². The van der Waals surface area contributed by atoms with Gasteiger partial charge >= 0.3 is 0 Å². The molecule has 0 aliphatic carbocycles. The van der Waals surface area contributed by atoms with E-state index in [9.17, 15) is 4.79 Å². The molecular formula is C26H27N3O. The van der Waals surface area contributed by atoms with Gasteiger partial charge in [0.25, 0.3) is 5.91 Å². The normalized spacial score (nSPS) is 16.8. The topological polar surface area (TPSA) is 36.4 Å². The SMILES string of the molecule is CCN(CC)c1cc2c(nc1Cc1ccccc1)C1c3ccccc3CCN1C2=O. The van der Waals surface area contributed by atoms with Gasteiger partial charge in [-0.3, -0.25) is 9.78 Å². The van der Waals surface area contributed by atoms with Crippen molar-refractivity contribution in [1.82, 2.24) is 9.88 Å². The van der Waals surface area contributed by atoms with Gasteiger partial charge in [-0.05, 0) is 43.0 Å². The summed E-state index contributed by atoms with van der Waals surface area (Å²) in [4.78, 5) is 22.8. The molecule has 5 rings (SSSR count). The predicted molar refractivity (Wildman–Crippen MR) is 120 cm³/mol. The molecule has 3 aromatic rings. The summed E-state index contributed by atoms with van der Waals surface area (Å²) in [6.45, 7) is 6.85. The number of benzene rings is 2. The summed E-state index contributed by atoms with van der Waals surface area (Å²) < 4.78 is 0. The van der Waals surface area contributed by atoms with Gasteiger partial charge in [0.1, 0.15) is 6.04 Å². The van der Waals surface area contributed by atoms with E-state index in [4.69, 9.17) is 4.98 Å². The third-order valence-electron chi connectivity index (χ3n) is 6.46. The number of hydrogen-bond acceptors (Lipinski definition) is 3. The van der Waals surface area contributed by atoms with Crippen LogP contribution in [0.4, 0.5) is 5.69 Å². The Morgan fingerprint density at radius 3 is 2.53 bits per heavy atom.